The van der Waals surface area contributed by atoms with Gasteiger partial charge in [0.25, 0.3) is 11.8 Å². The number of imide groups is 1. The van der Waals surface area contributed by atoms with Gasteiger partial charge in [0.2, 0.25) is 5.91 Å². The molecule has 3 amide bonds. The molecule has 0 spiro atoms. The summed E-state index contributed by atoms with van der Waals surface area (Å²) < 4.78 is 0. The van der Waals surface area contributed by atoms with Crippen LogP contribution in [0.3, 0.4) is 0 Å². The zero-order valence-corrected chi connectivity index (χ0v) is 18.6. The number of nitrogens with zero attached hydrogens (tertiary/aromatic N) is 3. The Labute approximate surface area is 190 Å². The SMILES string of the molecule is CN(C)/C=C1/CC(=O)N(CCCN2C(=O)c3ccccc3C2=O)c2cc(Cl)ccc2C1=O. The molecule has 0 radical (unpaired) electrons. The molecule has 8 heteroatoms. The fourth-order valence-electron chi connectivity index (χ4n) is 4.06. The Bertz CT molecular complexity index is 1140. The first-order valence-electron chi connectivity index (χ1n) is 10.2. The van der Waals surface area contributed by atoms with Gasteiger partial charge in [-0.3, -0.25) is 24.1 Å². The van der Waals surface area contributed by atoms with E-state index >= 15 is 0 Å². The minimum absolute atomic E-state index is 0.0453. The van der Waals surface area contributed by atoms with E-state index in [1.165, 1.54) is 9.80 Å². The van der Waals surface area contributed by atoms with E-state index in [4.69, 9.17) is 11.6 Å². The number of hydrogen-bond donors (Lipinski definition) is 0. The number of ketones is 1. The number of rotatable bonds is 5. The van der Waals surface area contributed by atoms with Crippen molar-refractivity contribution in [2.45, 2.75) is 12.8 Å². The van der Waals surface area contributed by atoms with E-state index in [1.54, 1.807) is 67.7 Å². The lowest BCUT2D eigenvalue weighted by Crippen LogP contribution is -2.36. The highest BCUT2D eigenvalue weighted by molar-refractivity contribution is 6.31. The zero-order valence-electron chi connectivity index (χ0n) is 17.8. The molecule has 2 heterocycles. The molecule has 0 aromatic heterocycles. The molecule has 0 atom stereocenters. The van der Waals surface area contributed by atoms with Gasteiger partial charge in [-0.05, 0) is 36.8 Å². The second-order valence-corrected chi connectivity index (χ2v) is 8.43. The van der Waals surface area contributed by atoms with Crippen molar-refractivity contribution in [3.63, 3.8) is 0 Å². The smallest absolute Gasteiger partial charge is 0.261 e. The Balaban J connectivity index is 1.56. The van der Waals surface area contributed by atoms with E-state index in [-0.39, 0.29) is 43.0 Å². The predicted octanol–water partition coefficient (Wildman–Crippen LogP) is 3.39. The molecule has 0 saturated heterocycles. The molecule has 0 unspecified atom stereocenters. The Hall–Kier alpha value is -3.45. The van der Waals surface area contributed by atoms with Crippen LogP contribution in [0.25, 0.3) is 0 Å². The molecule has 0 aliphatic carbocycles. The monoisotopic (exact) mass is 451 g/mol. The lowest BCUT2D eigenvalue weighted by atomic mass is 10.0. The Morgan fingerprint density at radius 2 is 1.53 bits per heavy atom. The molecule has 0 fully saturated rings. The molecule has 2 aliphatic heterocycles. The van der Waals surface area contributed by atoms with Crippen LogP contribution in [0.1, 0.15) is 43.9 Å². The van der Waals surface area contributed by atoms with Gasteiger partial charge < -0.3 is 9.80 Å². The van der Waals surface area contributed by atoms with Crippen LogP contribution in [0.2, 0.25) is 5.02 Å². The third kappa shape index (κ3) is 3.91. The second-order valence-electron chi connectivity index (χ2n) is 7.99. The van der Waals surface area contributed by atoms with Crippen LogP contribution in [0, 0.1) is 0 Å². The van der Waals surface area contributed by atoms with Crippen molar-refractivity contribution in [1.82, 2.24) is 9.80 Å². The molecule has 2 aromatic carbocycles. The minimum atomic E-state index is -0.331. The first kappa shape index (κ1) is 21.8. The molecule has 2 aliphatic rings. The maximum atomic E-state index is 13.1. The lowest BCUT2D eigenvalue weighted by molar-refractivity contribution is -0.117. The molecular weight excluding hydrogens is 430 g/mol. The number of carbonyl (C=O) groups excluding carboxylic acids is 4. The third-order valence-corrected chi connectivity index (χ3v) is 5.72. The van der Waals surface area contributed by atoms with E-state index < -0.39 is 0 Å². The summed E-state index contributed by atoms with van der Waals surface area (Å²) in [7, 11) is 3.58. The summed E-state index contributed by atoms with van der Waals surface area (Å²) in [5.74, 6) is -1.12. The van der Waals surface area contributed by atoms with Gasteiger partial charge in [-0.25, -0.2) is 0 Å². The third-order valence-electron chi connectivity index (χ3n) is 5.49. The first-order valence-corrected chi connectivity index (χ1v) is 10.6. The average molecular weight is 452 g/mol. The number of Topliss-reactive ketones (excluding diaryl/α,β-unsaturated/α-hetero) is 1. The summed E-state index contributed by atoms with van der Waals surface area (Å²) in [6.07, 6.45) is 1.97. The molecule has 7 nitrogen and oxygen atoms in total. The predicted molar refractivity (Wildman–Crippen MR) is 121 cm³/mol. The normalized spacial score (nSPS) is 17.0. The van der Waals surface area contributed by atoms with Crippen molar-refractivity contribution in [2.75, 3.05) is 32.1 Å². The Kier molecular flexibility index (Phi) is 5.84. The molecule has 164 valence electrons. The van der Waals surface area contributed by atoms with Gasteiger partial charge in [0.1, 0.15) is 0 Å². The highest BCUT2D eigenvalue weighted by atomic mass is 35.5. The van der Waals surface area contributed by atoms with Crippen molar-refractivity contribution >= 4 is 40.8 Å². The molecule has 4 rings (SSSR count). The number of carbonyl (C=O) groups is 4. The quantitative estimate of drug-likeness (QED) is 0.514. The molecular formula is C24H22ClN3O4. The van der Waals surface area contributed by atoms with Gasteiger partial charge in [-0.1, -0.05) is 23.7 Å². The van der Waals surface area contributed by atoms with Crippen molar-refractivity contribution in [3.05, 3.63) is 76.0 Å². The van der Waals surface area contributed by atoms with Gasteiger partial charge >= 0.3 is 0 Å². The number of amides is 3. The maximum Gasteiger partial charge on any atom is 0.261 e. The highest BCUT2D eigenvalue weighted by Gasteiger charge is 2.35. The number of hydrogen-bond acceptors (Lipinski definition) is 5. The summed E-state index contributed by atoms with van der Waals surface area (Å²) in [6.45, 7) is 0.405. The van der Waals surface area contributed by atoms with E-state index in [1.807, 2.05) is 0 Å². The molecule has 32 heavy (non-hydrogen) atoms. The van der Waals surface area contributed by atoms with Crippen LogP contribution >= 0.6 is 11.6 Å². The van der Waals surface area contributed by atoms with Crippen molar-refractivity contribution in [2.24, 2.45) is 0 Å². The summed E-state index contributed by atoms with van der Waals surface area (Å²) in [5.41, 5.74) is 2.02. The first-order chi connectivity index (χ1) is 15.3. The van der Waals surface area contributed by atoms with Crippen LogP contribution in [-0.2, 0) is 4.79 Å². The van der Waals surface area contributed by atoms with Crippen molar-refractivity contribution in [3.8, 4) is 0 Å². The fraction of sp³-hybridized carbons (Fsp3) is 0.250. The molecule has 2 aromatic rings. The average Bonchev–Trinajstić information content (AvgIpc) is 2.95. The molecule has 0 bridgehead atoms. The van der Waals surface area contributed by atoms with Gasteiger partial charge in [-0.15, -0.1) is 0 Å². The van der Waals surface area contributed by atoms with E-state index in [0.717, 1.165) is 0 Å². The van der Waals surface area contributed by atoms with Crippen LogP contribution in [0.4, 0.5) is 5.69 Å². The fourth-order valence-corrected chi connectivity index (χ4v) is 4.22. The van der Waals surface area contributed by atoms with Crippen molar-refractivity contribution in [1.29, 1.82) is 0 Å². The van der Waals surface area contributed by atoms with E-state index in [2.05, 4.69) is 0 Å². The van der Waals surface area contributed by atoms with Crippen molar-refractivity contribution < 1.29 is 19.2 Å². The van der Waals surface area contributed by atoms with E-state index in [0.29, 0.717) is 39.4 Å². The molecule has 0 saturated carbocycles. The highest BCUT2D eigenvalue weighted by Crippen LogP contribution is 2.32. The topological polar surface area (TPSA) is 78.0 Å². The van der Waals surface area contributed by atoms with Gasteiger partial charge in [0.05, 0.1) is 23.2 Å². The molecule has 0 N–H and O–H groups in total. The standard InChI is InChI=1S/C24H22ClN3O4/c1-26(2)14-15-12-21(29)27(20-13-16(25)8-9-19(20)22(15)30)10-5-11-28-23(31)17-6-3-4-7-18(17)24(28)32/h3-4,6-9,13-14H,5,10-12H2,1-2H3/b15-14-. The van der Waals surface area contributed by atoms with Gasteiger partial charge in [0.15, 0.2) is 5.78 Å². The largest absolute Gasteiger partial charge is 0.383 e. The summed E-state index contributed by atoms with van der Waals surface area (Å²) >= 11 is 6.17. The Morgan fingerprint density at radius 1 is 0.906 bits per heavy atom. The number of benzene rings is 2. The van der Waals surface area contributed by atoms with Crippen LogP contribution in [0.15, 0.2) is 54.2 Å². The number of halogens is 1. The van der Waals surface area contributed by atoms with Crippen LogP contribution < -0.4 is 4.90 Å². The summed E-state index contributed by atoms with van der Waals surface area (Å²) in [5, 5.41) is 0.412. The second kappa shape index (κ2) is 8.59. The number of fused-ring (bicyclic) bond motifs is 2. The maximum absolute atomic E-state index is 13.1. The van der Waals surface area contributed by atoms with Gasteiger partial charge in [0, 0.05) is 49.5 Å². The zero-order chi connectivity index (χ0) is 23.0. The lowest BCUT2D eigenvalue weighted by Gasteiger charge is -2.24. The Morgan fingerprint density at radius 3 is 2.16 bits per heavy atom. The number of anilines is 1. The van der Waals surface area contributed by atoms with E-state index in [9.17, 15) is 19.2 Å². The van der Waals surface area contributed by atoms with Gasteiger partial charge in [-0.2, -0.15) is 0 Å². The van der Waals surface area contributed by atoms with Crippen LogP contribution in [0.5, 0.6) is 0 Å². The summed E-state index contributed by atoms with van der Waals surface area (Å²) in [4.78, 5) is 55.8. The van der Waals surface area contributed by atoms with Crippen LogP contribution in [-0.4, -0.2) is 60.5 Å². The summed E-state index contributed by atoms with van der Waals surface area (Å²) in [6, 6.07) is 11.6. The minimum Gasteiger partial charge on any atom is -0.383 e.